The maximum Gasteiger partial charge on any atom is 0.295 e. The third kappa shape index (κ3) is 8.58. The van der Waals surface area contributed by atoms with E-state index in [0.717, 1.165) is 44.1 Å². The Labute approximate surface area is 260 Å². The standard InChI is InChI=1S/C35H43N3O6/c1-42-30-23-28(24-31(43-2)34(30)44-3)33(40)35(41)38-22-10-16-29(38)17-18-32(39)37(20-8-14-26-11-5-4-6-12-26)21-9-15-27-13-7-19-36-25-27/h4-7,11-13,19,23-25,29H,8-10,14-18,20-22H2,1-3H3. The molecule has 44 heavy (non-hydrogen) atoms. The number of carbonyl (C=O) groups excluding carboxylic acids is 3. The van der Waals surface area contributed by atoms with Gasteiger partial charge >= 0.3 is 0 Å². The van der Waals surface area contributed by atoms with Crippen LogP contribution in [0.15, 0.2) is 67.0 Å². The minimum absolute atomic E-state index is 0.0829. The Kier molecular flexibility index (Phi) is 12.2. The summed E-state index contributed by atoms with van der Waals surface area (Å²) in [6, 6.07) is 17.1. The van der Waals surface area contributed by atoms with Crippen molar-refractivity contribution >= 4 is 17.6 Å². The molecule has 2 heterocycles. The van der Waals surface area contributed by atoms with Gasteiger partial charge in [0.2, 0.25) is 11.7 Å². The number of pyridine rings is 1. The van der Waals surface area contributed by atoms with Gasteiger partial charge in [0, 0.05) is 50.1 Å². The van der Waals surface area contributed by atoms with Gasteiger partial charge in [-0.2, -0.15) is 0 Å². The number of amides is 2. The molecule has 2 amide bonds. The molecule has 1 fully saturated rings. The zero-order valence-electron chi connectivity index (χ0n) is 26.0. The fourth-order valence-corrected chi connectivity index (χ4v) is 5.82. The van der Waals surface area contributed by atoms with E-state index in [1.165, 1.54) is 39.0 Å². The molecule has 2 aromatic carbocycles. The molecule has 3 aromatic rings. The smallest absolute Gasteiger partial charge is 0.295 e. The lowest BCUT2D eigenvalue weighted by atomic mass is 10.0. The number of likely N-dealkylation sites (tertiary alicyclic amines) is 1. The molecule has 1 unspecified atom stereocenters. The van der Waals surface area contributed by atoms with E-state index in [9.17, 15) is 14.4 Å². The predicted molar refractivity (Wildman–Crippen MR) is 168 cm³/mol. The van der Waals surface area contributed by atoms with Gasteiger partial charge in [0.1, 0.15) is 0 Å². The van der Waals surface area contributed by atoms with Crippen LogP contribution in [0.1, 0.15) is 60.0 Å². The van der Waals surface area contributed by atoms with Crippen molar-refractivity contribution in [3.05, 3.63) is 83.7 Å². The summed E-state index contributed by atoms with van der Waals surface area (Å²) in [5.74, 6) is -0.166. The van der Waals surface area contributed by atoms with E-state index >= 15 is 0 Å². The van der Waals surface area contributed by atoms with Crippen LogP contribution in [0.4, 0.5) is 0 Å². The van der Waals surface area contributed by atoms with Crippen LogP contribution < -0.4 is 14.2 Å². The minimum atomic E-state index is -0.639. The molecular formula is C35H43N3O6. The Hall–Kier alpha value is -4.40. The maximum absolute atomic E-state index is 13.5. The third-order valence-electron chi connectivity index (χ3n) is 8.16. The summed E-state index contributed by atoms with van der Waals surface area (Å²) >= 11 is 0. The van der Waals surface area contributed by atoms with Crippen LogP contribution in [0, 0.1) is 0 Å². The highest BCUT2D eigenvalue weighted by atomic mass is 16.5. The molecule has 4 rings (SSSR count). The van der Waals surface area contributed by atoms with E-state index in [1.807, 2.05) is 35.4 Å². The second kappa shape index (κ2) is 16.4. The van der Waals surface area contributed by atoms with E-state index in [2.05, 4.69) is 23.2 Å². The van der Waals surface area contributed by atoms with Crippen molar-refractivity contribution in [1.29, 1.82) is 0 Å². The number of carbonyl (C=O) groups is 3. The molecule has 9 heteroatoms. The lowest BCUT2D eigenvalue weighted by Gasteiger charge is -2.27. The minimum Gasteiger partial charge on any atom is -0.493 e. The Morgan fingerprint density at radius 3 is 2.16 bits per heavy atom. The second-order valence-corrected chi connectivity index (χ2v) is 11.0. The number of aromatic nitrogens is 1. The van der Waals surface area contributed by atoms with E-state index in [-0.39, 0.29) is 17.5 Å². The predicted octanol–water partition coefficient (Wildman–Crippen LogP) is 5.16. The molecule has 1 saturated heterocycles. The van der Waals surface area contributed by atoms with Crippen LogP contribution in [0.2, 0.25) is 0 Å². The summed E-state index contributed by atoms with van der Waals surface area (Å²) < 4.78 is 16.1. The van der Waals surface area contributed by atoms with Gasteiger partial charge in [0.15, 0.2) is 11.5 Å². The van der Waals surface area contributed by atoms with Gasteiger partial charge in [-0.3, -0.25) is 19.4 Å². The summed E-state index contributed by atoms with van der Waals surface area (Å²) in [5.41, 5.74) is 2.58. The van der Waals surface area contributed by atoms with E-state index < -0.39 is 11.7 Å². The van der Waals surface area contributed by atoms with Gasteiger partial charge in [0.05, 0.1) is 21.3 Å². The highest BCUT2D eigenvalue weighted by Crippen LogP contribution is 2.38. The van der Waals surface area contributed by atoms with Crippen molar-refractivity contribution in [2.75, 3.05) is 41.0 Å². The summed E-state index contributed by atoms with van der Waals surface area (Å²) in [7, 11) is 4.41. The maximum atomic E-state index is 13.5. The summed E-state index contributed by atoms with van der Waals surface area (Å²) in [4.78, 5) is 48.0. The Morgan fingerprint density at radius 2 is 1.55 bits per heavy atom. The zero-order valence-corrected chi connectivity index (χ0v) is 26.0. The Morgan fingerprint density at radius 1 is 0.886 bits per heavy atom. The molecule has 0 bridgehead atoms. The lowest BCUT2D eigenvalue weighted by molar-refractivity contribution is -0.133. The molecule has 0 N–H and O–H groups in total. The number of hydrogen-bond acceptors (Lipinski definition) is 7. The molecule has 0 radical (unpaired) electrons. The number of ether oxygens (including phenoxy) is 3. The number of ketones is 1. The van der Waals surface area contributed by atoms with Crippen LogP contribution in [-0.2, 0) is 22.4 Å². The number of rotatable bonds is 16. The van der Waals surface area contributed by atoms with Crippen LogP contribution in [0.5, 0.6) is 17.2 Å². The largest absolute Gasteiger partial charge is 0.493 e. The first-order valence-corrected chi connectivity index (χ1v) is 15.3. The number of aryl methyl sites for hydroxylation is 2. The zero-order chi connectivity index (χ0) is 31.3. The van der Waals surface area contributed by atoms with Crippen LogP contribution in [-0.4, -0.2) is 79.4 Å². The third-order valence-corrected chi connectivity index (χ3v) is 8.16. The van der Waals surface area contributed by atoms with Crippen LogP contribution in [0.25, 0.3) is 0 Å². The Bertz CT molecular complexity index is 1310. The van der Waals surface area contributed by atoms with Gasteiger partial charge in [-0.05, 0) is 74.3 Å². The monoisotopic (exact) mass is 601 g/mol. The van der Waals surface area contributed by atoms with Gasteiger partial charge in [-0.25, -0.2) is 0 Å². The Balaban J connectivity index is 1.37. The van der Waals surface area contributed by atoms with Crippen molar-refractivity contribution in [3.63, 3.8) is 0 Å². The van der Waals surface area contributed by atoms with Crippen LogP contribution >= 0.6 is 0 Å². The second-order valence-electron chi connectivity index (χ2n) is 11.0. The number of Topliss-reactive ketones (excluding diaryl/α,β-unsaturated/α-hetero) is 1. The molecule has 1 atom stereocenters. The summed E-state index contributed by atoms with van der Waals surface area (Å²) in [5, 5.41) is 0. The van der Waals surface area contributed by atoms with E-state index in [1.54, 1.807) is 11.1 Å². The normalized spacial score (nSPS) is 14.2. The van der Waals surface area contributed by atoms with Crippen molar-refractivity contribution in [1.82, 2.24) is 14.8 Å². The molecule has 1 aliphatic heterocycles. The number of nitrogens with zero attached hydrogens (tertiary/aromatic N) is 3. The number of methoxy groups -OCH3 is 3. The summed E-state index contributed by atoms with van der Waals surface area (Å²) in [6.07, 6.45) is 9.50. The van der Waals surface area contributed by atoms with E-state index in [4.69, 9.17) is 14.2 Å². The first-order valence-electron chi connectivity index (χ1n) is 15.3. The number of hydrogen-bond donors (Lipinski definition) is 0. The first kappa shape index (κ1) is 32.5. The van der Waals surface area contributed by atoms with Crippen molar-refractivity contribution in [2.24, 2.45) is 0 Å². The topological polar surface area (TPSA) is 98.3 Å². The molecule has 1 aliphatic rings. The SMILES string of the molecule is COc1cc(C(=O)C(=O)N2CCCC2CCC(=O)N(CCCc2ccccc2)CCCc2cccnc2)cc(OC)c1OC. The average molecular weight is 602 g/mol. The highest BCUT2D eigenvalue weighted by Gasteiger charge is 2.34. The summed E-state index contributed by atoms with van der Waals surface area (Å²) in [6.45, 7) is 1.82. The molecule has 0 saturated carbocycles. The molecule has 1 aromatic heterocycles. The van der Waals surface area contributed by atoms with Crippen LogP contribution in [0.3, 0.4) is 0 Å². The fraction of sp³-hybridized carbons (Fsp3) is 0.429. The molecular weight excluding hydrogens is 558 g/mol. The fourth-order valence-electron chi connectivity index (χ4n) is 5.82. The molecule has 0 aliphatic carbocycles. The average Bonchev–Trinajstić information content (AvgIpc) is 3.54. The number of benzene rings is 2. The van der Waals surface area contributed by atoms with E-state index in [0.29, 0.717) is 49.7 Å². The van der Waals surface area contributed by atoms with Gasteiger partial charge in [0.25, 0.3) is 11.7 Å². The quantitative estimate of drug-likeness (QED) is 0.165. The van der Waals surface area contributed by atoms with Crippen molar-refractivity contribution in [2.45, 2.75) is 57.4 Å². The molecule has 9 nitrogen and oxygen atoms in total. The molecule has 0 spiro atoms. The lowest BCUT2D eigenvalue weighted by Crippen LogP contribution is -2.41. The van der Waals surface area contributed by atoms with Gasteiger partial charge < -0.3 is 24.0 Å². The van der Waals surface area contributed by atoms with Gasteiger partial charge in [-0.15, -0.1) is 0 Å². The van der Waals surface area contributed by atoms with Crippen molar-refractivity contribution in [3.8, 4) is 17.2 Å². The van der Waals surface area contributed by atoms with Crippen molar-refractivity contribution < 1.29 is 28.6 Å². The van der Waals surface area contributed by atoms with Gasteiger partial charge in [-0.1, -0.05) is 36.4 Å². The first-order chi connectivity index (χ1) is 21.4. The molecule has 234 valence electrons. The highest BCUT2D eigenvalue weighted by molar-refractivity contribution is 6.43.